The zero-order valence-electron chi connectivity index (χ0n) is 10.3. The van der Waals surface area contributed by atoms with Gasteiger partial charge in [0.05, 0.1) is 13.2 Å². The first-order valence-corrected chi connectivity index (χ1v) is 8.50. The molecule has 98 valence electrons. The summed E-state index contributed by atoms with van der Waals surface area (Å²) in [5, 5.41) is 1.12. The molecule has 1 heterocycles. The monoisotopic (exact) mass is 328 g/mol. The van der Waals surface area contributed by atoms with Crippen molar-refractivity contribution in [3.63, 3.8) is 0 Å². The summed E-state index contributed by atoms with van der Waals surface area (Å²) in [5.41, 5.74) is 0.550. The average Bonchev–Trinajstić information content (AvgIpc) is 3.20. The minimum absolute atomic E-state index is 0.550. The van der Waals surface area contributed by atoms with E-state index >= 15 is 0 Å². The molecule has 0 unspecified atom stereocenters. The first kappa shape index (κ1) is 12.7. The van der Waals surface area contributed by atoms with Gasteiger partial charge in [0.2, 0.25) is 0 Å². The van der Waals surface area contributed by atoms with Crippen molar-refractivity contribution >= 4 is 27.7 Å². The van der Waals surface area contributed by atoms with Crippen molar-refractivity contribution < 1.29 is 9.47 Å². The lowest BCUT2D eigenvalue weighted by atomic mass is 10.2. The van der Waals surface area contributed by atoms with Crippen LogP contribution < -0.4 is 9.47 Å². The van der Waals surface area contributed by atoms with Crippen molar-refractivity contribution in [2.24, 2.45) is 5.41 Å². The fourth-order valence-electron chi connectivity index (χ4n) is 1.96. The molecule has 2 nitrogen and oxygen atoms in total. The minimum Gasteiger partial charge on any atom is -0.490 e. The Morgan fingerprint density at radius 1 is 1.17 bits per heavy atom. The van der Waals surface area contributed by atoms with Gasteiger partial charge in [-0.1, -0.05) is 15.9 Å². The van der Waals surface area contributed by atoms with Crippen LogP contribution in [0.3, 0.4) is 0 Å². The van der Waals surface area contributed by atoms with Gasteiger partial charge < -0.3 is 9.47 Å². The maximum absolute atomic E-state index is 5.72. The molecule has 1 fully saturated rings. The number of benzene rings is 1. The standard InChI is InChI=1S/C14H17BrO2S/c15-9-14(4-5-14)10-18-11-2-3-12-13(8-11)17-7-1-6-16-12/h2-3,8H,1,4-7,9-10H2. The van der Waals surface area contributed by atoms with Crippen LogP contribution in [0.5, 0.6) is 11.5 Å². The zero-order valence-corrected chi connectivity index (χ0v) is 12.7. The molecule has 1 aromatic carbocycles. The third kappa shape index (κ3) is 2.80. The molecule has 0 aromatic heterocycles. The summed E-state index contributed by atoms with van der Waals surface area (Å²) in [7, 11) is 0. The molecule has 18 heavy (non-hydrogen) atoms. The molecular weight excluding hydrogens is 312 g/mol. The summed E-state index contributed by atoms with van der Waals surface area (Å²) in [5.74, 6) is 2.98. The van der Waals surface area contributed by atoms with E-state index in [2.05, 4.69) is 28.1 Å². The maximum atomic E-state index is 5.72. The summed E-state index contributed by atoms with van der Waals surface area (Å²) in [6.45, 7) is 1.51. The second-order valence-corrected chi connectivity index (χ2v) is 6.69. The second-order valence-electron chi connectivity index (χ2n) is 5.08. The lowest BCUT2D eigenvalue weighted by Crippen LogP contribution is -2.04. The number of rotatable bonds is 4. The zero-order chi connectivity index (χ0) is 12.4. The van der Waals surface area contributed by atoms with E-state index in [9.17, 15) is 0 Å². The average molecular weight is 329 g/mol. The smallest absolute Gasteiger partial charge is 0.162 e. The Labute approximate surface area is 121 Å². The van der Waals surface area contributed by atoms with Crippen LogP contribution in [0, 0.1) is 5.41 Å². The van der Waals surface area contributed by atoms with Crippen LogP contribution in [0.1, 0.15) is 19.3 Å². The van der Waals surface area contributed by atoms with Crippen LogP contribution >= 0.6 is 27.7 Å². The Morgan fingerprint density at radius 3 is 2.67 bits per heavy atom. The van der Waals surface area contributed by atoms with Crippen molar-refractivity contribution in [1.82, 2.24) is 0 Å². The molecule has 0 N–H and O–H groups in total. The molecule has 1 aromatic rings. The Bertz CT molecular complexity index is 432. The number of fused-ring (bicyclic) bond motifs is 1. The van der Waals surface area contributed by atoms with Crippen LogP contribution in [0.4, 0.5) is 0 Å². The van der Waals surface area contributed by atoms with Gasteiger partial charge in [-0.15, -0.1) is 11.8 Å². The third-order valence-electron chi connectivity index (χ3n) is 3.50. The Morgan fingerprint density at radius 2 is 1.94 bits per heavy atom. The predicted molar refractivity (Wildman–Crippen MR) is 78.2 cm³/mol. The highest BCUT2D eigenvalue weighted by molar-refractivity contribution is 9.09. The normalized spacial score (nSPS) is 20.3. The van der Waals surface area contributed by atoms with E-state index in [4.69, 9.17) is 9.47 Å². The van der Waals surface area contributed by atoms with Crippen LogP contribution in [-0.4, -0.2) is 24.3 Å². The van der Waals surface area contributed by atoms with Gasteiger partial charge in [0, 0.05) is 22.4 Å². The number of thioether (sulfide) groups is 1. The summed E-state index contributed by atoms with van der Waals surface area (Å²) in [6, 6.07) is 6.30. The van der Waals surface area contributed by atoms with Crippen molar-refractivity contribution in [3.05, 3.63) is 18.2 Å². The van der Waals surface area contributed by atoms with Gasteiger partial charge in [0.15, 0.2) is 11.5 Å². The molecule has 0 saturated heterocycles. The van der Waals surface area contributed by atoms with E-state index in [1.807, 2.05) is 17.8 Å². The molecule has 0 atom stereocenters. The van der Waals surface area contributed by atoms with Crippen molar-refractivity contribution in [1.29, 1.82) is 0 Å². The lowest BCUT2D eigenvalue weighted by Gasteiger charge is -2.12. The lowest BCUT2D eigenvalue weighted by molar-refractivity contribution is 0.297. The minimum atomic E-state index is 0.550. The van der Waals surface area contributed by atoms with Crippen LogP contribution in [0.15, 0.2) is 23.1 Å². The SMILES string of the molecule is BrCC1(CSc2ccc3c(c2)OCCCO3)CC1. The first-order valence-electron chi connectivity index (χ1n) is 6.40. The van der Waals surface area contributed by atoms with Gasteiger partial charge in [-0.25, -0.2) is 0 Å². The number of ether oxygens (including phenoxy) is 2. The fraction of sp³-hybridized carbons (Fsp3) is 0.571. The van der Waals surface area contributed by atoms with E-state index in [-0.39, 0.29) is 0 Å². The van der Waals surface area contributed by atoms with Gasteiger partial charge in [0.1, 0.15) is 0 Å². The van der Waals surface area contributed by atoms with E-state index < -0.39 is 0 Å². The Balaban J connectivity index is 1.68. The van der Waals surface area contributed by atoms with Gasteiger partial charge in [0.25, 0.3) is 0 Å². The highest BCUT2D eigenvalue weighted by Gasteiger charge is 2.41. The maximum Gasteiger partial charge on any atom is 0.162 e. The van der Waals surface area contributed by atoms with E-state index in [1.54, 1.807) is 0 Å². The van der Waals surface area contributed by atoms with Crippen LogP contribution in [0.2, 0.25) is 0 Å². The van der Waals surface area contributed by atoms with E-state index in [0.29, 0.717) is 5.41 Å². The number of hydrogen-bond donors (Lipinski definition) is 0. The summed E-state index contributed by atoms with van der Waals surface area (Å²) >= 11 is 5.55. The molecule has 0 spiro atoms. The summed E-state index contributed by atoms with van der Waals surface area (Å²) in [4.78, 5) is 1.28. The molecule has 1 aliphatic carbocycles. The molecule has 1 aliphatic heterocycles. The van der Waals surface area contributed by atoms with Crippen molar-refractivity contribution in [2.75, 3.05) is 24.3 Å². The summed E-state index contributed by atoms with van der Waals surface area (Å²) in [6.07, 6.45) is 3.68. The molecule has 0 radical (unpaired) electrons. The Kier molecular flexibility index (Phi) is 3.76. The van der Waals surface area contributed by atoms with E-state index in [0.717, 1.165) is 36.5 Å². The number of alkyl halides is 1. The van der Waals surface area contributed by atoms with Crippen LogP contribution in [-0.2, 0) is 0 Å². The highest BCUT2D eigenvalue weighted by Crippen LogP contribution is 2.50. The van der Waals surface area contributed by atoms with Gasteiger partial charge >= 0.3 is 0 Å². The number of hydrogen-bond acceptors (Lipinski definition) is 3. The molecule has 4 heteroatoms. The highest BCUT2D eigenvalue weighted by atomic mass is 79.9. The van der Waals surface area contributed by atoms with Gasteiger partial charge in [-0.3, -0.25) is 0 Å². The van der Waals surface area contributed by atoms with Crippen LogP contribution in [0.25, 0.3) is 0 Å². The topological polar surface area (TPSA) is 18.5 Å². The quantitative estimate of drug-likeness (QED) is 0.612. The fourth-order valence-corrected chi connectivity index (χ4v) is 4.20. The summed E-state index contributed by atoms with van der Waals surface area (Å²) < 4.78 is 11.4. The van der Waals surface area contributed by atoms with Crippen molar-refractivity contribution in [2.45, 2.75) is 24.2 Å². The predicted octanol–water partition coefficient (Wildman–Crippen LogP) is 4.12. The van der Waals surface area contributed by atoms with E-state index in [1.165, 1.54) is 23.5 Å². The molecule has 3 rings (SSSR count). The second kappa shape index (κ2) is 5.33. The molecule has 0 bridgehead atoms. The third-order valence-corrected chi connectivity index (χ3v) is 6.04. The molecule has 2 aliphatic rings. The molecular formula is C14H17BrO2S. The van der Waals surface area contributed by atoms with Gasteiger partial charge in [-0.2, -0.15) is 0 Å². The molecule has 1 saturated carbocycles. The largest absolute Gasteiger partial charge is 0.490 e. The molecule has 0 amide bonds. The Hall–Kier alpha value is -0.350. The van der Waals surface area contributed by atoms with Gasteiger partial charge in [-0.05, 0) is 36.5 Å². The van der Waals surface area contributed by atoms with Crippen molar-refractivity contribution in [3.8, 4) is 11.5 Å². The first-order chi connectivity index (χ1) is 8.81. The number of halogens is 1.